The molecule has 0 spiro atoms. The zero-order chi connectivity index (χ0) is 13.3. The summed E-state index contributed by atoms with van der Waals surface area (Å²) in [6.07, 6.45) is 3.76. The summed E-state index contributed by atoms with van der Waals surface area (Å²) in [5, 5.41) is 10.9. The van der Waals surface area contributed by atoms with Crippen LogP contribution in [-0.2, 0) is 9.53 Å². The standard InChI is InChI=1S/C11H21NO4S/c1-4-6-8-17(9-7-5-2)10(12(14)15)11(13)16-3/h4-9H2,1-3H3. The minimum absolute atomic E-state index is 0.255. The highest BCUT2D eigenvalue weighted by molar-refractivity contribution is 8.16. The Kier molecular flexibility index (Phi) is 8.66. The number of hydrogen-bond acceptors (Lipinski definition) is 4. The molecule has 0 bridgehead atoms. The predicted molar refractivity (Wildman–Crippen MR) is 71.2 cm³/mol. The highest BCUT2D eigenvalue weighted by atomic mass is 32.2. The number of unbranched alkanes of at least 4 members (excludes halogenated alkanes) is 2. The zero-order valence-corrected chi connectivity index (χ0v) is 11.5. The molecule has 0 aliphatic heterocycles. The molecule has 0 amide bonds. The molecule has 0 heterocycles. The summed E-state index contributed by atoms with van der Waals surface area (Å²) in [5.74, 6) is 0.634. The van der Waals surface area contributed by atoms with E-state index in [-0.39, 0.29) is 4.99 Å². The summed E-state index contributed by atoms with van der Waals surface area (Å²) < 4.78 is 4.50. The van der Waals surface area contributed by atoms with Gasteiger partial charge < -0.3 is 4.74 Å². The number of ether oxygens (including phenoxy) is 1. The second kappa shape index (κ2) is 9.15. The Morgan fingerprint density at radius 1 is 1.24 bits per heavy atom. The Morgan fingerprint density at radius 3 is 2.00 bits per heavy atom. The van der Waals surface area contributed by atoms with Gasteiger partial charge in [-0.1, -0.05) is 26.7 Å². The molecule has 0 atom stereocenters. The van der Waals surface area contributed by atoms with E-state index < -0.39 is 21.4 Å². The third-order valence-corrected chi connectivity index (χ3v) is 4.71. The van der Waals surface area contributed by atoms with Gasteiger partial charge in [-0.3, -0.25) is 10.1 Å². The second-order valence-corrected chi connectivity index (χ2v) is 5.85. The number of rotatable bonds is 6. The Balaban J connectivity index is 5.07. The van der Waals surface area contributed by atoms with Crippen LogP contribution in [0, 0.1) is 10.1 Å². The molecule has 0 saturated heterocycles. The van der Waals surface area contributed by atoms with Crippen LogP contribution in [0.15, 0.2) is 0 Å². The SMILES string of the molecule is CCCCS(CCCC)=C(C(=O)OC)[N+](=O)[O-]. The highest BCUT2D eigenvalue weighted by Gasteiger charge is 2.27. The Bertz CT molecular complexity index is 292. The van der Waals surface area contributed by atoms with Crippen LogP contribution in [-0.4, -0.2) is 34.5 Å². The fourth-order valence-electron chi connectivity index (χ4n) is 1.32. The number of carbonyl (C=O) groups excluding carboxylic acids is 1. The van der Waals surface area contributed by atoms with Gasteiger partial charge in [0, 0.05) is 0 Å². The van der Waals surface area contributed by atoms with Gasteiger partial charge in [0.05, 0.1) is 12.0 Å². The molecule has 0 unspecified atom stereocenters. The first-order valence-electron chi connectivity index (χ1n) is 5.85. The number of esters is 1. The van der Waals surface area contributed by atoms with Crippen molar-refractivity contribution < 1.29 is 14.5 Å². The van der Waals surface area contributed by atoms with E-state index in [2.05, 4.69) is 4.74 Å². The van der Waals surface area contributed by atoms with Gasteiger partial charge in [-0.2, -0.15) is 0 Å². The van der Waals surface area contributed by atoms with Crippen LogP contribution in [0.5, 0.6) is 0 Å². The van der Waals surface area contributed by atoms with Crippen LogP contribution < -0.4 is 0 Å². The van der Waals surface area contributed by atoms with Crippen molar-refractivity contribution in [2.45, 2.75) is 39.5 Å². The molecule has 6 heteroatoms. The maximum atomic E-state index is 11.4. The van der Waals surface area contributed by atoms with E-state index in [0.717, 1.165) is 25.7 Å². The Labute approximate surface area is 105 Å². The van der Waals surface area contributed by atoms with Crippen molar-refractivity contribution in [1.29, 1.82) is 0 Å². The lowest BCUT2D eigenvalue weighted by Gasteiger charge is -2.08. The first-order chi connectivity index (χ1) is 8.08. The van der Waals surface area contributed by atoms with Crippen LogP contribution in [0.3, 0.4) is 0 Å². The lowest BCUT2D eigenvalue weighted by atomic mass is 10.4. The van der Waals surface area contributed by atoms with Crippen molar-refractivity contribution in [3.8, 4) is 0 Å². The molecule has 100 valence electrons. The van der Waals surface area contributed by atoms with E-state index in [1.807, 2.05) is 13.8 Å². The maximum Gasteiger partial charge on any atom is 0.416 e. The Hall–Kier alpha value is -0.910. The smallest absolute Gasteiger partial charge is 0.416 e. The fourth-order valence-corrected chi connectivity index (χ4v) is 3.71. The molecule has 0 aromatic rings. The van der Waals surface area contributed by atoms with Crippen LogP contribution >= 0.6 is 10.5 Å². The number of carbonyl (C=O) groups is 1. The van der Waals surface area contributed by atoms with Crippen molar-refractivity contribution in [3.63, 3.8) is 0 Å². The fraction of sp³-hybridized carbons (Fsp3) is 0.818. The lowest BCUT2D eigenvalue weighted by Crippen LogP contribution is -2.25. The van der Waals surface area contributed by atoms with Crippen LogP contribution in [0.25, 0.3) is 0 Å². The summed E-state index contributed by atoms with van der Waals surface area (Å²) in [5.41, 5.74) is 0. The largest absolute Gasteiger partial charge is 0.460 e. The molecule has 0 aromatic carbocycles. The first kappa shape index (κ1) is 16.1. The lowest BCUT2D eigenvalue weighted by molar-refractivity contribution is -0.345. The van der Waals surface area contributed by atoms with Gasteiger partial charge in [0.25, 0.3) is 0 Å². The summed E-state index contributed by atoms with van der Waals surface area (Å²) in [6.45, 7) is 4.07. The summed E-state index contributed by atoms with van der Waals surface area (Å²) >= 11 is 0. The summed E-state index contributed by atoms with van der Waals surface area (Å²) in [7, 11) is 0.608. The zero-order valence-electron chi connectivity index (χ0n) is 10.7. The molecule has 0 aromatic heterocycles. The monoisotopic (exact) mass is 263 g/mol. The molecule has 0 radical (unpaired) electrons. The quantitative estimate of drug-likeness (QED) is 0.319. The maximum absolute atomic E-state index is 11.4. The van der Waals surface area contributed by atoms with E-state index in [1.165, 1.54) is 7.11 Å². The molecular weight excluding hydrogens is 242 g/mol. The third kappa shape index (κ3) is 5.81. The number of methoxy groups -OCH3 is 1. The van der Waals surface area contributed by atoms with Gasteiger partial charge in [-0.25, -0.2) is 4.79 Å². The third-order valence-electron chi connectivity index (χ3n) is 2.29. The van der Waals surface area contributed by atoms with Crippen molar-refractivity contribution in [3.05, 3.63) is 10.1 Å². The molecule has 0 fully saturated rings. The molecule has 0 aliphatic carbocycles. The molecule has 0 rings (SSSR count). The van der Waals surface area contributed by atoms with Gasteiger partial charge in [-0.15, -0.1) is 10.5 Å². The van der Waals surface area contributed by atoms with E-state index in [0.29, 0.717) is 11.5 Å². The van der Waals surface area contributed by atoms with E-state index in [1.54, 1.807) is 0 Å². The van der Waals surface area contributed by atoms with Crippen molar-refractivity contribution in [1.82, 2.24) is 0 Å². The van der Waals surface area contributed by atoms with E-state index >= 15 is 0 Å². The molecule has 5 nitrogen and oxygen atoms in total. The summed E-state index contributed by atoms with van der Waals surface area (Å²) in [6, 6.07) is 0. The molecular formula is C11H21NO4S. The van der Waals surface area contributed by atoms with E-state index in [9.17, 15) is 14.9 Å². The molecule has 0 aliphatic rings. The number of nitro groups is 1. The minimum Gasteiger partial charge on any atom is -0.460 e. The van der Waals surface area contributed by atoms with Gasteiger partial charge >= 0.3 is 11.0 Å². The summed E-state index contributed by atoms with van der Waals surface area (Å²) in [4.78, 5) is 21.5. The van der Waals surface area contributed by atoms with Crippen molar-refractivity contribution in [2.75, 3.05) is 18.6 Å². The topological polar surface area (TPSA) is 69.4 Å². The van der Waals surface area contributed by atoms with Gasteiger partial charge in [-0.05, 0) is 24.3 Å². The van der Waals surface area contributed by atoms with Crippen LogP contribution in [0.2, 0.25) is 0 Å². The van der Waals surface area contributed by atoms with Gasteiger partial charge in [0.15, 0.2) is 0 Å². The molecule has 17 heavy (non-hydrogen) atoms. The van der Waals surface area contributed by atoms with Gasteiger partial charge in [0.2, 0.25) is 0 Å². The van der Waals surface area contributed by atoms with Crippen molar-refractivity contribution in [2.24, 2.45) is 0 Å². The molecule has 0 saturated carbocycles. The average Bonchev–Trinajstić information content (AvgIpc) is 2.31. The Morgan fingerprint density at radius 2 is 1.71 bits per heavy atom. The highest BCUT2D eigenvalue weighted by Crippen LogP contribution is 2.21. The number of hydrogen-bond donors (Lipinski definition) is 0. The first-order valence-corrected chi connectivity index (χ1v) is 7.41. The van der Waals surface area contributed by atoms with Crippen molar-refractivity contribution >= 4 is 21.4 Å². The van der Waals surface area contributed by atoms with Gasteiger partial charge in [0.1, 0.15) is 0 Å². The minimum atomic E-state index is -0.787. The number of nitrogens with zero attached hydrogens (tertiary/aromatic N) is 1. The predicted octanol–water partition coefficient (Wildman–Crippen LogP) is 2.44. The molecule has 0 N–H and O–H groups in total. The average molecular weight is 263 g/mol. The van der Waals surface area contributed by atoms with Crippen LogP contribution in [0.1, 0.15) is 39.5 Å². The van der Waals surface area contributed by atoms with E-state index in [4.69, 9.17) is 0 Å². The normalized spacial score (nSPS) is 10.4. The van der Waals surface area contributed by atoms with Crippen LogP contribution in [0.4, 0.5) is 0 Å². The second-order valence-electron chi connectivity index (χ2n) is 3.66.